The summed E-state index contributed by atoms with van der Waals surface area (Å²) < 4.78 is 109. The third-order valence-corrected chi connectivity index (χ3v) is 6.58. The van der Waals surface area contributed by atoms with Crippen molar-refractivity contribution in [3.63, 3.8) is 0 Å². The maximum Gasteiger partial charge on any atom is 0.433 e. The van der Waals surface area contributed by atoms with Crippen LogP contribution in [0.5, 0.6) is 0 Å². The molecule has 1 saturated carbocycles. The maximum absolute atomic E-state index is 14.0. The number of anilines is 1. The molecule has 3 atom stereocenters. The van der Waals surface area contributed by atoms with Gasteiger partial charge in [-0.1, -0.05) is 0 Å². The van der Waals surface area contributed by atoms with Crippen LogP contribution >= 0.6 is 0 Å². The van der Waals surface area contributed by atoms with Crippen LogP contribution in [0.15, 0.2) is 47.4 Å². The van der Waals surface area contributed by atoms with E-state index in [1.807, 2.05) is 0 Å². The Bertz CT molecular complexity index is 1350. The molecule has 5 nitrogen and oxygen atoms in total. The van der Waals surface area contributed by atoms with Crippen LogP contribution in [0.25, 0.3) is 5.69 Å². The van der Waals surface area contributed by atoms with E-state index in [0.29, 0.717) is 25.3 Å². The van der Waals surface area contributed by atoms with Crippen molar-refractivity contribution in [1.29, 1.82) is 0 Å². The SMILES string of the molecule is O=c1ccnc([C@@H]2[C@H]3CC[C@H](C3)N2c2cc(C(F)(F)F)cc(C(F)(F)F)n2)n1-c1ccc(F)c(F)c1. The number of pyridine rings is 1. The monoisotopic (exact) mass is 516 g/mol. The molecule has 2 bridgehead atoms. The van der Waals surface area contributed by atoms with E-state index < -0.39 is 58.7 Å². The van der Waals surface area contributed by atoms with Gasteiger partial charge in [0.05, 0.1) is 17.3 Å². The van der Waals surface area contributed by atoms with Crippen LogP contribution in [-0.4, -0.2) is 20.6 Å². The van der Waals surface area contributed by atoms with Crippen molar-refractivity contribution in [3.8, 4) is 5.69 Å². The normalized spacial score (nSPS) is 21.9. The van der Waals surface area contributed by atoms with Gasteiger partial charge < -0.3 is 4.90 Å². The Balaban J connectivity index is 1.70. The second-order valence-electron chi connectivity index (χ2n) is 8.75. The van der Waals surface area contributed by atoms with E-state index in [4.69, 9.17) is 0 Å². The van der Waals surface area contributed by atoms with Gasteiger partial charge in [0.25, 0.3) is 5.56 Å². The number of nitrogens with zero attached hydrogens (tertiary/aromatic N) is 4. The molecule has 0 spiro atoms. The van der Waals surface area contributed by atoms with Crippen molar-refractivity contribution in [3.05, 3.63) is 81.7 Å². The highest BCUT2D eigenvalue weighted by Crippen LogP contribution is 2.52. The maximum atomic E-state index is 14.0. The Morgan fingerprint density at radius 2 is 1.64 bits per heavy atom. The summed E-state index contributed by atoms with van der Waals surface area (Å²) in [6.07, 6.45) is -7.55. The first-order valence-electron chi connectivity index (χ1n) is 10.8. The average Bonchev–Trinajstić information content (AvgIpc) is 3.41. The summed E-state index contributed by atoms with van der Waals surface area (Å²) in [7, 11) is 0. The molecule has 2 fully saturated rings. The van der Waals surface area contributed by atoms with Gasteiger partial charge >= 0.3 is 12.4 Å². The summed E-state index contributed by atoms with van der Waals surface area (Å²) in [6.45, 7) is 0. The zero-order chi connectivity index (χ0) is 26.0. The molecular formula is C23H16F8N4O. The average molecular weight is 516 g/mol. The van der Waals surface area contributed by atoms with Crippen LogP contribution in [0, 0.1) is 17.6 Å². The lowest BCUT2D eigenvalue weighted by atomic mass is 9.97. The lowest BCUT2D eigenvalue weighted by Gasteiger charge is -2.37. The number of aromatic nitrogens is 3. The fourth-order valence-electron chi connectivity index (χ4n) is 5.12. The van der Waals surface area contributed by atoms with Gasteiger partial charge in [0.1, 0.15) is 17.3 Å². The number of fused-ring (bicyclic) bond motifs is 2. The van der Waals surface area contributed by atoms with E-state index in [1.54, 1.807) is 0 Å². The number of alkyl halides is 6. The molecule has 2 aliphatic rings. The molecule has 36 heavy (non-hydrogen) atoms. The number of rotatable bonds is 3. The summed E-state index contributed by atoms with van der Waals surface area (Å²) in [5.41, 5.74) is -3.98. The van der Waals surface area contributed by atoms with E-state index in [0.717, 1.165) is 35.0 Å². The molecule has 0 radical (unpaired) electrons. The van der Waals surface area contributed by atoms with Gasteiger partial charge in [0.2, 0.25) is 0 Å². The molecule has 190 valence electrons. The molecular weight excluding hydrogens is 500 g/mol. The fourth-order valence-corrected chi connectivity index (χ4v) is 5.12. The second kappa shape index (κ2) is 8.27. The molecule has 0 N–H and O–H groups in total. The number of hydrogen-bond acceptors (Lipinski definition) is 4. The van der Waals surface area contributed by atoms with Gasteiger partial charge in [-0.2, -0.15) is 26.3 Å². The first-order chi connectivity index (χ1) is 16.8. The summed E-state index contributed by atoms with van der Waals surface area (Å²) in [5, 5.41) is 0. The third kappa shape index (κ3) is 4.09. The van der Waals surface area contributed by atoms with Gasteiger partial charge in [-0.15, -0.1) is 0 Å². The van der Waals surface area contributed by atoms with Gasteiger partial charge in [-0.3, -0.25) is 9.36 Å². The second-order valence-corrected chi connectivity index (χ2v) is 8.75. The van der Waals surface area contributed by atoms with Crippen LogP contribution in [0.4, 0.5) is 40.9 Å². The summed E-state index contributed by atoms with van der Waals surface area (Å²) in [5.74, 6) is -3.25. The van der Waals surface area contributed by atoms with E-state index in [1.165, 1.54) is 4.90 Å². The van der Waals surface area contributed by atoms with Crippen molar-refractivity contribution in [2.24, 2.45) is 5.92 Å². The smallest absolute Gasteiger partial charge is 0.343 e. The number of halogens is 8. The summed E-state index contributed by atoms with van der Waals surface area (Å²) in [4.78, 5) is 21.9. The van der Waals surface area contributed by atoms with Crippen LogP contribution in [-0.2, 0) is 12.4 Å². The van der Waals surface area contributed by atoms with E-state index >= 15 is 0 Å². The zero-order valence-corrected chi connectivity index (χ0v) is 18.1. The van der Waals surface area contributed by atoms with Crippen LogP contribution in [0.2, 0.25) is 0 Å². The van der Waals surface area contributed by atoms with Crippen LogP contribution < -0.4 is 10.5 Å². The Morgan fingerprint density at radius 3 is 2.31 bits per heavy atom. The Morgan fingerprint density at radius 1 is 0.889 bits per heavy atom. The summed E-state index contributed by atoms with van der Waals surface area (Å²) >= 11 is 0. The van der Waals surface area contributed by atoms with Gasteiger partial charge in [0, 0.05) is 24.4 Å². The minimum Gasteiger partial charge on any atom is -0.343 e. The van der Waals surface area contributed by atoms with Gasteiger partial charge in [-0.25, -0.2) is 18.7 Å². The van der Waals surface area contributed by atoms with E-state index in [2.05, 4.69) is 9.97 Å². The molecule has 3 heterocycles. The molecule has 2 aromatic heterocycles. The third-order valence-electron chi connectivity index (χ3n) is 6.58. The van der Waals surface area contributed by atoms with E-state index in [9.17, 15) is 39.9 Å². The minimum absolute atomic E-state index is 0.0199. The Kier molecular flexibility index (Phi) is 5.56. The first kappa shape index (κ1) is 24.2. The molecule has 5 rings (SSSR count). The standard InChI is InChI=1S/C23H16F8N4O/c24-15-4-3-14(10-16(15)25)35-19(36)5-6-32-21(35)20-11-1-2-13(7-11)34(20)18-9-12(22(26,27)28)8-17(33-18)23(29,30)31/h3-6,8-11,13,20H,1-2,7H2/t11-,13+,20-/m0/s1. The highest BCUT2D eigenvalue weighted by Gasteiger charge is 2.50. The molecule has 1 aliphatic heterocycles. The quantitative estimate of drug-likeness (QED) is 0.421. The molecule has 1 aromatic carbocycles. The van der Waals surface area contributed by atoms with Crippen molar-refractivity contribution < 1.29 is 35.1 Å². The van der Waals surface area contributed by atoms with Gasteiger partial charge in [0.15, 0.2) is 11.6 Å². The zero-order valence-electron chi connectivity index (χ0n) is 18.1. The predicted octanol–water partition coefficient (Wildman–Crippen LogP) is 5.67. The molecule has 3 aromatic rings. The number of piperidine rings is 1. The van der Waals surface area contributed by atoms with E-state index in [-0.39, 0.29) is 23.5 Å². The lowest BCUT2D eigenvalue weighted by molar-refractivity contribution is -0.145. The van der Waals surface area contributed by atoms with Crippen molar-refractivity contribution in [2.45, 2.75) is 43.7 Å². The fraction of sp³-hybridized carbons (Fsp3) is 0.348. The van der Waals surface area contributed by atoms with Crippen LogP contribution in [0.3, 0.4) is 0 Å². The van der Waals surface area contributed by atoms with Crippen molar-refractivity contribution >= 4 is 5.82 Å². The Labute approximate surface area is 198 Å². The number of benzene rings is 1. The molecule has 1 aliphatic carbocycles. The largest absolute Gasteiger partial charge is 0.433 e. The minimum atomic E-state index is -5.14. The first-order valence-corrected chi connectivity index (χ1v) is 10.8. The molecule has 1 saturated heterocycles. The Hall–Kier alpha value is -3.51. The summed E-state index contributed by atoms with van der Waals surface area (Å²) in [6, 6.07) is 2.88. The van der Waals surface area contributed by atoms with Crippen molar-refractivity contribution in [1.82, 2.24) is 14.5 Å². The van der Waals surface area contributed by atoms with Gasteiger partial charge in [-0.05, 0) is 49.4 Å². The highest BCUT2D eigenvalue weighted by molar-refractivity contribution is 5.50. The predicted molar refractivity (Wildman–Crippen MR) is 110 cm³/mol. The molecule has 0 unspecified atom stereocenters. The lowest BCUT2D eigenvalue weighted by Crippen LogP contribution is -2.39. The van der Waals surface area contributed by atoms with Crippen LogP contribution in [0.1, 0.15) is 42.4 Å². The number of hydrogen-bond donors (Lipinski definition) is 0. The molecule has 0 amide bonds. The molecule has 13 heteroatoms. The highest BCUT2D eigenvalue weighted by atomic mass is 19.4. The topological polar surface area (TPSA) is 51.0 Å². The van der Waals surface area contributed by atoms with Crippen molar-refractivity contribution in [2.75, 3.05) is 4.90 Å².